The van der Waals surface area contributed by atoms with Crippen molar-refractivity contribution >= 4 is 34.8 Å². The molecule has 0 saturated carbocycles. The Morgan fingerprint density at radius 3 is 2.66 bits per heavy atom. The van der Waals surface area contributed by atoms with Gasteiger partial charge in [0, 0.05) is 30.9 Å². The molecule has 3 aromatic rings. The van der Waals surface area contributed by atoms with Gasteiger partial charge in [0.1, 0.15) is 11.5 Å². The number of carbonyl (C=O) groups is 1. The number of nitrogens with two attached hydrogens (primary N) is 1. The van der Waals surface area contributed by atoms with Gasteiger partial charge >= 0.3 is 6.18 Å². The molecule has 1 aromatic heterocycles. The number of halogens is 4. The predicted molar refractivity (Wildman–Crippen MR) is 151 cm³/mol. The molecule has 1 saturated heterocycles. The average Bonchev–Trinajstić information content (AvgIpc) is 3.15. The molecule has 4 N–H and O–H groups in total. The standard InChI is InChI=1S/C28H30F4N8O/c1-4-34-23-16-35-27(40-11-5-10-39(3)12-13-40)38-24(23)25(33)37-22-14-18(7-6-17(22)2)26(41)36-19-8-9-21(29)20(15-19)28(30,31)32/h4,6-9,14-16,34H,1,5,10-13H2,2-3H3,(H2,33,37)(H,36,41). The molecule has 0 aliphatic carbocycles. The van der Waals surface area contributed by atoms with Crippen LogP contribution in [0.25, 0.3) is 0 Å². The number of aromatic nitrogens is 2. The fourth-order valence-corrected chi connectivity index (χ4v) is 4.26. The highest BCUT2D eigenvalue weighted by molar-refractivity contribution is 6.06. The number of rotatable bonds is 7. The van der Waals surface area contributed by atoms with E-state index in [4.69, 9.17) is 5.73 Å². The molecule has 2 heterocycles. The van der Waals surface area contributed by atoms with Gasteiger partial charge in [0.25, 0.3) is 5.91 Å². The quantitative estimate of drug-likeness (QED) is 0.210. The van der Waals surface area contributed by atoms with Crippen LogP contribution in [-0.2, 0) is 6.18 Å². The van der Waals surface area contributed by atoms with Crippen molar-refractivity contribution in [3.8, 4) is 0 Å². The van der Waals surface area contributed by atoms with E-state index in [9.17, 15) is 22.4 Å². The molecule has 13 heteroatoms. The van der Waals surface area contributed by atoms with Crippen molar-refractivity contribution in [1.82, 2.24) is 14.9 Å². The third-order valence-electron chi connectivity index (χ3n) is 6.52. The highest BCUT2D eigenvalue weighted by atomic mass is 19.4. The topological polar surface area (TPSA) is 112 Å². The largest absolute Gasteiger partial charge is 0.419 e. The summed E-state index contributed by atoms with van der Waals surface area (Å²) in [6.07, 6.45) is -0.885. The van der Waals surface area contributed by atoms with Crippen LogP contribution in [0.2, 0.25) is 0 Å². The van der Waals surface area contributed by atoms with Crippen molar-refractivity contribution in [3.05, 3.63) is 83.6 Å². The maximum atomic E-state index is 13.6. The molecule has 0 bridgehead atoms. The first-order valence-electron chi connectivity index (χ1n) is 12.8. The lowest BCUT2D eigenvalue weighted by Gasteiger charge is -2.21. The number of alkyl halides is 3. The van der Waals surface area contributed by atoms with E-state index in [1.54, 1.807) is 19.2 Å². The summed E-state index contributed by atoms with van der Waals surface area (Å²) in [5.41, 5.74) is 6.72. The minimum Gasteiger partial charge on any atom is -0.382 e. The molecular formula is C28H30F4N8O. The Morgan fingerprint density at radius 1 is 1.15 bits per heavy atom. The van der Waals surface area contributed by atoms with Gasteiger partial charge in [-0.1, -0.05) is 12.6 Å². The summed E-state index contributed by atoms with van der Waals surface area (Å²) in [7, 11) is 2.06. The third-order valence-corrected chi connectivity index (χ3v) is 6.52. The summed E-state index contributed by atoms with van der Waals surface area (Å²) in [6, 6.07) is 6.84. The molecule has 216 valence electrons. The van der Waals surface area contributed by atoms with Gasteiger partial charge in [-0.2, -0.15) is 13.2 Å². The van der Waals surface area contributed by atoms with Gasteiger partial charge < -0.3 is 26.2 Å². The predicted octanol–water partition coefficient (Wildman–Crippen LogP) is 4.93. The SMILES string of the molecule is C=CNc1cnc(N2CCCN(C)CC2)nc1C(N)=Nc1cc(C(=O)Nc2ccc(F)c(C(F)(F)F)c2)ccc1C. The maximum Gasteiger partial charge on any atom is 0.419 e. The van der Waals surface area contributed by atoms with Gasteiger partial charge in [0.15, 0.2) is 5.84 Å². The number of amidine groups is 1. The number of carbonyl (C=O) groups excluding carboxylic acids is 1. The number of amides is 1. The van der Waals surface area contributed by atoms with Crippen LogP contribution in [-0.4, -0.2) is 59.8 Å². The first-order chi connectivity index (χ1) is 19.5. The van der Waals surface area contributed by atoms with Crippen molar-refractivity contribution in [2.45, 2.75) is 19.5 Å². The number of hydrogen-bond donors (Lipinski definition) is 3. The van der Waals surface area contributed by atoms with Gasteiger partial charge in [-0.25, -0.2) is 19.4 Å². The average molecular weight is 571 g/mol. The molecule has 0 unspecified atom stereocenters. The second kappa shape index (κ2) is 12.3. The van der Waals surface area contributed by atoms with Crippen molar-refractivity contribution in [3.63, 3.8) is 0 Å². The number of aliphatic imine (C=N–C) groups is 1. The molecule has 0 spiro atoms. The minimum absolute atomic E-state index is 0.0546. The van der Waals surface area contributed by atoms with E-state index in [1.165, 1.54) is 18.3 Å². The van der Waals surface area contributed by atoms with E-state index in [1.807, 2.05) is 0 Å². The Hall–Kier alpha value is -4.52. The highest BCUT2D eigenvalue weighted by Gasteiger charge is 2.34. The Morgan fingerprint density at radius 2 is 1.93 bits per heavy atom. The second-order valence-corrected chi connectivity index (χ2v) is 9.57. The van der Waals surface area contributed by atoms with Crippen molar-refractivity contribution in [2.24, 2.45) is 10.7 Å². The van der Waals surface area contributed by atoms with Crippen LogP contribution < -0.4 is 21.3 Å². The molecule has 2 aromatic carbocycles. The molecule has 0 radical (unpaired) electrons. The zero-order chi connectivity index (χ0) is 29.7. The monoisotopic (exact) mass is 570 g/mol. The summed E-state index contributed by atoms with van der Waals surface area (Å²) in [5.74, 6) is -1.58. The lowest BCUT2D eigenvalue weighted by molar-refractivity contribution is -0.139. The van der Waals surface area contributed by atoms with Gasteiger partial charge in [-0.05, 0) is 69.0 Å². The number of nitrogens with one attached hydrogen (secondary N) is 2. The normalized spacial score (nSPS) is 14.9. The first-order valence-corrected chi connectivity index (χ1v) is 12.8. The zero-order valence-electron chi connectivity index (χ0n) is 22.6. The number of nitrogens with zero attached hydrogens (tertiary/aromatic N) is 5. The summed E-state index contributed by atoms with van der Waals surface area (Å²) < 4.78 is 52.9. The number of anilines is 3. The molecular weight excluding hydrogens is 540 g/mol. The Bertz CT molecular complexity index is 1470. The summed E-state index contributed by atoms with van der Waals surface area (Å²) in [4.78, 5) is 30.9. The lowest BCUT2D eigenvalue weighted by atomic mass is 10.1. The molecule has 1 aliphatic rings. The van der Waals surface area contributed by atoms with E-state index in [2.05, 4.69) is 49.0 Å². The van der Waals surface area contributed by atoms with Crippen LogP contribution in [0.5, 0.6) is 0 Å². The first kappa shape index (κ1) is 29.5. The molecule has 9 nitrogen and oxygen atoms in total. The number of aryl methyl sites for hydroxylation is 1. The zero-order valence-corrected chi connectivity index (χ0v) is 22.6. The Labute approximate surface area is 234 Å². The summed E-state index contributed by atoms with van der Waals surface area (Å²) in [6.45, 7) is 8.81. The maximum absolute atomic E-state index is 13.6. The van der Waals surface area contributed by atoms with E-state index in [0.29, 0.717) is 40.7 Å². The van der Waals surface area contributed by atoms with Crippen LogP contribution in [0.1, 0.15) is 33.6 Å². The van der Waals surface area contributed by atoms with Gasteiger partial charge in [0.2, 0.25) is 5.95 Å². The van der Waals surface area contributed by atoms with E-state index in [0.717, 1.165) is 38.7 Å². The highest BCUT2D eigenvalue weighted by Crippen LogP contribution is 2.33. The summed E-state index contributed by atoms with van der Waals surface area (Å²) in [5, 5.41) is 5.33. The second-order valence-electron chi connectivity index (χ2n) is 9.57. The van der Waals surface area contributed by atoms with Crippen LogP contribution in [0.3, 0.4) is 0 Å². The Kier molecular flexibility index (Phi) is 8.86. The van der Waals surface area contributed by atoms with Crippen LogP contribution in [0, 0.1) is 12.7 Å². The molecule has 0 atom stereocenters. The van der Waals surface area contributed by atoms with E-state index < -0.39 is 23.5 Å². The van der Waals surface area contributed by atoms with Crippen LogP contribution in [0.15, 0.2) is 60.4 Å². The lowest BCUT2D eigenvalue weighted by Crippen LogP contribution is -2.31. The molecule has 1 amide bonds. The fraction of sp³-hybridized carbons (Fsp3) is 0.286. The van der Waals surface area contributed by atoms with Crippen molar-refractivity contribution in [1.29, 1.82) is 0 Å². The van der Waals surface area contributed by atoms with Gasteiger partial charge in [-0.3, -0.25) is 4.79 Å². The van der Waals surface area contributed by atoms with Crippen molar-refractivity contribution in [2.75, 3.05) is 48.8 Å². The molecule has 4 rings (SSSR count). The van der Waals surface area contributed by atoms with Crippen molar-refractivity contribution < 1.29 is 22.4 Å². The van der Waals surface area contributed by atoms with Gasteiger partial charge in [0.05, 0.1) is 23.1 Å². The van der Waals surface area contributed by atoms with Crippen LogP contribution >= 0.6 is 0 Å². The molecule has 41 heavy (non-hydrogen) atoms. The van der Waals surface area contributed by atoms with E-state index in [-0.39, 0.29) is 17.1 Å². The van der Waals surface area contributed by atoms with Gasteiger partial charge in [-0.15, -0.1) is 0 Å². The fourth-order valence-electron chi connectivity index (χ4n) is 4.26. The Balaban J connectivity index is 1.63. The summed E-state index contributed by atoms with van der Waals surface area (Å²) >= 11 is 0. The molecule has 1 fully saturated rings. The molecule has 1 aliphatic heterocycles. The smallest absolute Gasteiger partial charge is 0.382 e. The van der Waals surface area contributed by atoms with Crippen LogP contribution in [0.4, 0.5) is 40.6 Å². The minimum atomic E-state index is -4.90. The number of benzene rings is 2. The number of likely N-dealkylation sites (N-methyl/N-ethyl adjacent to an activating group) is 1. The van der Waals surface area contributed by atoms with E-state index >= 15 is 0 Å². The number of hydrogen-bond acceptors (Lipinski definition) is 7. The third kappa shape index (κ3) is 7.17.